The van der Waals surface area contributed by atoms with Crippen LogP contribution in [0.4, 0.5) is 0 Å². The minimum absolute atomic E-state index is 0.171. The smallest absolute Gasteiger partial charge is 0.326 e. The van der Waals surface area contributed by atoms with Crippen LogP contribution in [0.3, 0.4) is 0 Å². The average molecular weight is 600 g/mol. The molecule has 1 unspecified atom stereocenters. The molecule has 0 spiro atoms. The van der Waals surface area contributed by atoms with Crippen molar-refractivity contribution in [2.75, 3.05) is 6.61 Å². The van der Waals surface area contributed by atoms with Gasteiger partial charge in [-0.2, -0.15) is 0 Å². The topological polar surface area (TPSA) is 101 Å². The van der Waals surface area contributed by atoms with E-state index in [1.54, 1.807) is 18.5 Å². The molecule has 4 aromatic rings. The highest BCUT2D eigenvalue weighted by Gasteiger charge is 2.22. The number of benzene rings is 2. The molecular weight excluding hydrogens is 558 g/mol. The van der Waals surface area contributed by atoms with Crippen molar-refractivity contribution in [2.24, 2.45) is 0 Å². The molecule has 2 aromatic heterocycles. The molecular formula is C35H41N3O4S. The number of unbranched alkanes of at least 4 members (excludes halogenated alkanes) is 7. The van der Waals surface area contributed by atoms with Gasteiger partial charge in [-0.1, -0.05) is 88.3 Å². The molecule has 0 radical (unpaired) electrons. The SMILES string of the molecule is CCCCCCCCCCOc1ccc(-c2cnc(-c3ccc(CC(NC(=O)c4ccc(C)s4)C(=O)O)cc3)nc2)cc1. The lowest BCUT2D eigenvalue weighted by Crippen LogP contribution is -2.42. The van der Waals surface area contributed by atoms with Gasteiger partial charge in [-0.3, -0.25) is 4.79 Å². The third kappa shape index (κ3) is 10.0. The molecule has 2 aromatic carbocycles. The predicted octanol–water partition coefficient (Wildman–Crippen LogP) is 8.13. The van der Waals surface area contributed by atoms with Crippen LogP contribution in [0.5, 0.6) is 5.75 Å². The van der Waals surface area contributed by atoms with Crippen molar-refractivity contribution in [3.05, 3.63) is 88.4 Å². The maximum atomic E-state index is 12.5. The van der Waals surface area contributed by atoms with E-state index >= 15 is 0 Å². The largest absolute Gasteiger partial charge is 0.494 e. The van der Waals surface area contributed by atoms with Gasteiger partial charge in [0, 0.05) is 34.8 Å². The van der Waals surface area contributed by atoms with Gasteiger partial charge in [0.15, 0.2) is 5.82 Å². The van der Waals surface area contributed by atoms with E-state index in [1.165, 1.54) is 56.3 Å². The van der Waals surface area contributed by atoms with Crippen molar-refractivity contribution < 1.29 is 19.4 Å². The first-order chi connectivity index (χ1) is 20.9. The van der Waals surface area contributed by atoms with E-state index in [0.717, 1.165) is 45.9 Å². The van der Waals surface area contributed by atoms with Crippen LogP contribution in [-0.2, 0) is 11.2 Å². The Balaban J connectivity index is 1.25. The maximum absolute atomic E-state index is 12.5. The predicted molar refractivity (Wildman–Crippen MR) is 173 cm³/mol. The first-order valence-electron chi connectivity index (χ1n) is 15.2. The molecule has 7 nitrogen and oxygen atoms in total. The van der Waals surface area contributed by atoms with Crippen molar-refractivity contribution in [3.63, 3.8) is 0 Å². The number of carboxylic acids is 1. The van der Waals surface area contributed by atoms with Gasteiger partial charge in [-0.25, -0.2) is 14.8 Å². The van der Waals surface area contributed by atoms with Crippen molar-refractivity contribution in [1.29, 1.82) is 0 Å². The number of aryl methyl sites for hydroxylation is 1. The molecule has 0 saturated carbocycles. The highest BCUT2D eigenvalue weighted by Crippen LogP contribution is 2.24. The number of hydrogen-bond acceptors (Lipinski definition) is 6. The molecule has 0 aliphatic heterocycles. The van der Waals surface area contributed by atoms with Crippen molar-refractivity contribution in [1.82, 2.24) is 15.3 Å². The lowest BCUT2D eigenvalue weighted by molar-refractivity contribution is -0.139. The van der Waals surface area contributed by atoms with Crippen LogP contribution >= 0.6 is 11.3 Å². The number of carbonyl (C=O) groups excluding carboxylic acids is 1. The lowest BCUT2D eigenvalue weighted by atomic mass is 10.0. The molecule has 1 amide bonds. The van der Waals surface area contributed by atoms with Gasteiger partial charge >= 0.3 is 5.97 Å². The van der Waals surface area contributed by atoms with E-state index in [9.17, 15) is 14.7 Å². The number of aromatic nitrogens is 2. The Bertz CT molecular complexity index is 1430. The summed E-state index contributed by atoms with van der Waals surface area (Å²) in [7, 11) is 0. The summed E-state index contributed by atoms with van der Waals surface area (Å²) in [6.45, 7) is 4.89. The zero-order chi connectivity index (χ0) is 30.4. The first kappa shape index (κ1) is 31.9. The number of carbonyl (C=O) groups is 2. The molecule has 43 heavy (non-hydrogen) atoms. The zero-order valence-electron chi connectivity index (χ0n) is 25.1. The lowest BCUT2D eigenvalue weighted by Gasteiger charge is -2.14. The molecule has 0 aliphatic carbocycles. The Morgan fingerprint density at radius 2 is 1.44 bits per heavy atom. The van der Waals surface area contributed by atoms with E-state index in [-0.39, 0.29) is 12.3 Å². The summed E-state index contributed by atoms with van der Waals surface area (Å²) in [5.74, 6) is -0.00304. The highest BCUT2D eigenvalue weighted by atomic mass is 32.1. The number of amides is 1. The Morgan fingerprint density at radius 1 is 0.814 bits per heavy atom. The van der Waals surface area contributed by atoms with Crippen LogP contribution in [0.2, 0.25) is 0 Å². The van der Waals surface area contributed by atoms with E-state index < -0.39 is 12.0 Å². The van der Waals surface area contributed by atoms with Crippen LogP contribution in [0, 0.1) is 6.92 Å². The second-order valence-corrected chi connectivity index (χ2v) is 12.1. The summed E-state index contributed by atoms with van der Waals surface area (Å²) < 4.78 is 5.92. The molecule has 8 heteroatoms. The number of rotatable bonds is 17. The van der Waals surface area contributed by atoms with Crippen molar-refractivity contribution >= 4 is 23.2 Å². The highest BCUT2D eigenvalue weighted by molar-refractivity contribution is 7.13. The Kier molecular flexibility index (Phi) is 12.3. The summed E-state index contributed by atoms with van der Waals surface area (Å²) in [6.07, 6.45) is 14.0. The monoisotopic (exact) mass is 599 g/mol. The molecule has 0 fully saturated rings. The van der Waals surface area contributed by atoms with E-state index in [4.69, 9.17) is 4.74 Å². The van der Waals surface area contributed by atoms with Crippen molar-refractivity contribution in [2.45, 2.75) is 77.7 Å². The molecule has 2 N–H and O–H groups in total. The standard InChI is InChI=1S/C35H41N3O4S/c1-3-4-5-6-7-8-9-10-21-42-30-18-16-27(17-19-30)29-23-36-33(37-24-29)28-14-12-26(13-15-28)22-31(35(40)41)38-34(39)32-20-11-25(2)43-32/h11-20,23-24,31H,3-10,21-22H2,1-2H3,(H,38,39)(H,40,41). The number of ether oxygens (including phenoxy) is 1. The maximum Gasteiger partial charge on any atom is 0.326 e. The van der Waals surface area contributed by atoms with Gasteiger partial charge in [-0.15, -0.1) is 11.3 Å². The Hall–Kier alpha value is -4.04. The summed E-state index contributed by atoms with van der Waals surface area (Å²) in [4.78, 5) is 34.9. The average Bonchev–Trinajstić information content (AvgIpc) is 3.47. The van der Waals surface area contributed by atoms with Crippen LogP contribution in [-0.4, -0.2) is 39.6 Å². The second kappa shape index (κ2) is 16.6. The van der Waals surface area contributed by atoms with Gasteiger partial charge < -0.3 is 15.2 Å². The van der Waals surface area contributed by atoms with Gasteiger partial charge in [0.1, 0.15) is 11.8 Å². The number of hydrogen-bond donors (Lipinski definition) is 2. The van der Waals surface area contributed by atoms with E-state index in [2.05, 4.69) is 22.2 Å². The number of nitrogens with one attached hydrogen (secondary N) is 1. The zero-order valence-corrected chi connectivity index (χ0v) is 25.9. The fraction of sp³-hybridized carbons (Fsp3) is 0.371. The van der Waals surface area contributed by atoms with Gasteiger partial charge in [0.05, 0.1) is 11.5 Å². The quantitative estimate of drug-likeness (QED) is 0.119. The fourth-order valence-electron chi connectivity index (χ4n) is 4.81. The van der Waals surface area contributed by atoms with Crippen LogP contribution in [0.25, 0.3) is 22.5 Å². The third-order valence-electron chi connectivity index (χ3n) is 7.33. The summed E-state index contributed by atoms with van der Waals surface area (Å²) in [5.41, 5.74) is 3.54. The molecule has 4 rings (SSSR count). The minimum atomic E-state index is -1.08. The van der Waals surface area contributed by atoms with E-state index in [1.807, 2.05) is 61.5 Å². The number of thiophene rings is 1. The molecule has 0 aliphatic rings. The molecule has 0 bridgehead atoms. The normalized spacial score (nSPS) is 11.7. The molecule has 226 valence electrons. The fourth-order valence-corrected chi connectivity index (χ4v) is 5.58. The van der Waals surface area contributed by atoms with Gasteiger partial charge in [0.25, 0.3) is 5.91 Å². The molecule has 2 heterocycles. The second-order valence-electron chi connectivity index (χ2n) is 10.8. The Labute approximate surface area is 258 Å². The van der Waals surface area contributed by atoms with Crippen LogP contribution in [0.1, 0.15) is 78.4 Å². The molecule has 1 atom stereocenters. The van der Waals surface area contributed by atoms with Crippen LogP contribution < -0.4 is 10.1 Å². The van der Waals surface area contributed by atoms with Crippen LogP contribution in [0.15, 0.2) is 73.1 Å². The summed E-state index contributed by atoms with van der Waals surface area (Å²) in [5, 5.41) is 12.3. The number of nitrogens with zero attached hydrogens (tertiary/aromatic N) is 2. The van der Waals surface area contributed by atoms with Crippen molar-refractivity contribution in [3.8, 4) is 28.3 Å². The molecule has 0 saturated heterocycles. The minimum Gasteiger partial charge on any atom is -0.494 e. The number of aliphatic carboxylic acids is 1. The van der Waals surface area contributed by atoms with Gasteiger partial charge in [-0.05, 0) is 48.7 Å². The summed E-state index contributed by atoms with van der Waals surface area (Å²) >= 11 is 1.34. The van der Waals surface area contributed by atoms with Gasteiger partial charge in [0.2, 0.25) is 0 Å². The number of carboxylic acid groups (broad SMARTS) is 1. The summed E-state index contributed by atoms with van der Waals surface area (Å²) in [6, 6.07) is 18.0. The van der Waals surface area contributed by atoms with E-state index in [0.29, 0.717) is 10.7 Å². The Morgan fingerprint density at radius 3 is 2.05 bits per heavy atom. The first-order valence-corrected chi connectivity index (χ1v) is 16.0. The third-order valence-corrected chi connectivity index (χ3v) is 8.33.